The molecule has 0 aliphatic carbocycles. The van der Waals surface area contributed by atoms with Crippen molar-refractivity contribution in [2.75, 3.05) is 0 Å². The van der Waals surface area contributed by atoms with Gasteiger partial charge in [-0.1, -0.05) is 55.0 Å². The van der Waals surface area contributed by atoms with Gasteiger partial charge in [0.05, 0.1) is 0 Å². The summed E-state index contributed by atoms with van der Waals surface area (Å²) in [6, 6.07) is 17.7. The Kier molecular flexibility index (Phi) is 2.75. The molecular formula is C20H18O. The molecule has 1 aliphatic rings. The second-order valence-electron chi connectivity index (χ2n) is 5.79. The molecule has 3 aromatic carbocycles. The summed E-state index contributed by atoms with van der Waals surface area (Å²) in [6.45, 7) is 4.97. The highest BCUT2D eigenvalue weighted by Gasteiger charge is 2.19. The van der Waals surface area contributed by atoms with Crippen LogP contribution in [0.5, 0.6) is 5.75 Å². The second-order valence-corrected chi connectivity index (χ2v) is 5.79. The van der Waals surface area contributed by atoms with Crippen LogP contribution in [-0.2, 0) is 13.0 Å². The molecule has 4 rings (SSSR count). The predicted octanol–water partition coefficient (Wildman–Crippen LogP) is 5.27. The van der Waals surface area contributed by atoms with E-state index in [4.69, 9.17) is 4.74 Å². The van der Waals surface area contributed by atoms with Crippen molar-refractivity contribution < 1.29 is 4.74 Å². The molecule has 0 atom stereocenters. The van der Waals surface area contributed by atoms with Crippen LogP contribution in [-0.4, -0.2) is 0 Å². The zero-order chi connectivity index (χ0) is 14.4. The van der Waals surface area contributed by atoms with Gasteiger partial charge in [0.1, 0.15) is 12.4 Å². The predicted molar refractivity (Wildman–Crippen MR) is 87.8 cm³/mol. The monoisotopic (exact) mass is 274 g/mol. The van der Waals surface area contributed by atoms with Crippen LogP contribution in [0.25, 0.3) is 21.9 Å². The highest BCUT2D eigenvalue weighted by Crippen LogP contribution is 2.41. The quantitative estimate of drug-likeness (QED) is 0.587. The Bertz CT molecular complexity index is 846. The molecule has 0 N–H and O–H groups in total. The first-order valence-corrected chi connectivity index (χ1v) is 7.54. The molecule has 0 aromatic heterocycles. The van der Waals surface area contributed by atoms with Gasteiger partial charge in [-0.3, -0.25) is 0 Å². The van der Waals surface area contributed by atoms with Gasteiger partial charge in [-0.2, -0.15) is 0 Å². The number of hydrogen-bond acceptors (Lipinski definition) is 1. The van der Waals surface area contributed by atoms with Crippen LogP contribution in [0.15, 0.2) is 48.5 Å². The lowest BCUT2D eigenvalue weighted by atomic mass is 9.91. The minimum Gasteiger partial charge on any atom is -0.488 e. The fraction of sp³-hybridized carbons (Fsp3) is 0.200. The summed E-state index contributed by atoms with van der Waals surface area (Å²) in [7, 11) is 0. The minimum absolute atomic E-state index is 0.663. The van der Waals surface area contributed by atoms with Crippen LogP contribution in [0, 0.1) is 6.92 Å². The fourth-order valence-electron chi connectivity index (χ4n) is 3.20. The van der Waals surface area contributed by atoms with E-state index in [0.29, 0.717) is 6.61 Å². The first-order valence-electron chi connectivity index (χ1n) is 7.54. The molecule has 1 heteroatoms. The van der Waals surface area contributed by atoms with Gasteiger partial charge in [0.25, 0.3) is 0 Å². The van der Waals surface area contributed by atoms with Crippen molar-refractivity contribution in [3.05, 3.63) is 65.2 Å². The third-order valence-electron chi connectivity index (χ3n) is 4.40. The van der Waals surface area contributed by atoms with Gasteiger partial charge in [-0.25, -0.2) is 0 Å². The smallest absolute Gasteiger partial charge is 0.127 e. The molecule has 104 valence electrons. The van der Waals surface area contributed by atoms with Gasteiger partial charge in [-0.05, 0) is 41.3 Å². The van der Waals surface area contributed by atoms with E-state index in [-0.39, 0.29) is 0 Å². The average molecular weight is 274 g/mol. The van der Waals surface area contributed by atoms with Gasteiger partial charge < -0.3 is 4.74 Å². The first kappa shape index (κ1) is 12.5. The Morgan fingerprint density at radius 1 is 0.952 bits per heavy atom. The highest BCUT2D eigenvalue weighted by atomic mass is 16.5. The minimum atomic E-state index is 0.663. The van der Waals surface area contributed by atoms with Crippen molar-refractivity contribution in [1.82, 2.24) is 0 Å². The summed E-state index contributed by atoms with van der Waals surface area (Å²) in [4.78, 5) is 0. The molecule has 1 nitrogen and oxygen atoms in total. The standard InChI is InChI=1S/C20H18O/c1-3-14-5-8-18-17-9-6-15-10-13(2)4-7-16(15)19(17)12-21-20(18)11-14/h4-11H,3,12H2,1-2H3. The van der Waals surface area contributed by atoms with E-state index < -0.39 is 0 Å². The molecule has 3 aromatic rings. The largest absolute Gasteiger partial charge is 0.488 e. The Hall–Kier alpha value is -2.28. The third-order valence-corrected chi connectivity index (χ3v) is 4.40. The Labute approximate surface area is 125 Å². The van der Waals surface area contributed by atoms with Crippen molar-refractivity contribution in [3.8, 4) is 16.9 Å². The molecule has 0 saturated heterocycles. The summed E-state index contributed by atoms with van der Waals surface area (Å²) >= 11 is 0. The molecule has 1 aliphatic heterocycles. The summed E-state index contributed by atoms with van der Waals surface area (Å²) < 4.78 is 6.03. The van der Waals surface area contributed by atoms with Crippen LogP contribution >= 0.6 is 0 Å². The van der Waals surface area contributed by atoms with Crippen LogP contribution in [0.4, 0.5) is 0 Å². The van der Waals surface area contributed by atoms with Gasteiger partial charge in [0.2, 0.25) is 0 Å². The van der Waals surface area contributed by atoms with Gasteiger partial charge in [0.15, 0.2) is 0 Å². The summed E-state index contributed by atoms with van der Waals surface area (Å²) in [5.74, 6) is 1.02. The lowest BCUT2D eigenvalue weighted by molar-refractivity contribution is 0.303. The third kappa shape index (κ3) is 1.92. The van der Waals surface area contributed by atoms with E-state index in [1.54, 1.807) is 0 Å². The summed E-state index contributed by atoms with van der Waals surface area (Å²) in [6.07, 6.45) is 1.04. The van der Waals surface area contributed by atoms with E-state index >= 15 is 0 Å². The molecule has 21 heavy (non-hydrogen) atoms. The van der Waals surface area contributed by atoms with Crippen LogP contribution in [0.1, 0.15) is 23.6 Å². The van der Waals surface area contributed by atoms with Gasteiger partial charge >= 0.3 is 0 Å². The normalized spacial score (nSPS) is 12.7. The maximum Gasteiger partial charge on any atom is 0.127 e. The van der Waals surface area contributed by atoms with Crippen LogP contribution in [0.3, 0.4) is 0 Å². The molecule has 0 bridgehead atoms. The Morgan fingerprint density at radius 2 is 1.81 bits per heavy atom. The number of benzene rings is 3. The highest BCUT2D eigenvalue weighted by molar-refractivity contribution is 5.93. The number of hydrogen-bond donors (Lipinski definition) is 0. The molecule has 0 amide bonds. The molecule has 0 spiro atoms. The van der Waals surface area contributed by atoms with Crippen LogP contribution in [0.2, 0.25) is 0 Å². The SMILES string of the molecule is CCc1ccc2c(c1)OCc1c-2ccc2cc(C)ccc12. The maximum atomic E-state index is 6.03. The van der Waals surface area contributed by atoms with E-state index in [1.807, 2.05) is 0 Å². The van der Waals surface area contributed by atoms with Crippen LogP contribution < -0.4 is 4.74 Å². The Balaban J connectivity index is 1.97. The van der Waals surface area contributed by atoms with Gasteiger partial charge in [0, 0.05) is 11.1 Å². The summed E-state index contributed by atoms with van der Waals surface area (Å²) in [5.41, 5.74) is 6.47. The molecule has 0 radical (unpaired) electrons. The number of fused-ring (bicyclic) bond motifs is 5. The molecule has 1 heterocycles. The second kappa shape index (κ2) is 4.63. The van der Waals surface area contributed by atoms with E-state index in [1.165, 1.54) is 38.6 Å². The lowest BCUT2D eigenvalue weighted by Gasteiger charge is -2.23. The molecule has 0 saturated carbocycles. The maximum absolute atomic E-state index is 6.03. The Morgan fingerprint density at radius 3 is 2.67 bits per heavy atom. The van der Waals surface area contributed by atoms with Crippen molar-refractivity contribution in [2.24, 2.45) is 0 Å². The topological polar surface area (TPSA) is 9.23 Å². The summed E-state index contributed by atoms with van der Waals surface area (Å²) in [5, 5.41) is 2.61. The molecule has 0 unspecified atom stereocenters. The molecule has 0 fully saturated rings. The van der Waals surface area contributed by atoms with E-state index in [2.05, 4.69) is 62.4 Å². The first-order chi connectivity index (χ1) is 10.3. The van der Waals surface area contributed by atoms with Gasteiger partial charge in [-0.15, -0.1) is 0 Å². The fourth-order valence-corrected chi connectivity index (χ4v) is 3.20. The number of aryl methyl sites for hydroxylation is 2. The van der Waals surface area contributed by atoms with Crippen molar-refractivity contribution in [3.63, 3.8) is 0 Å². The zero-order valence-electron chi connectivity index (χ0n) is 12.4. The van der Waals surface area contributed by atoms with E-state index in [9.17, 15) is 0 Å². The zero-order valence-corrected chi connectivity index (χ0v) is 12.4. The molecular weight excluding hydrogens is 256 g/mol. The average Bonchev–Trinajstić information content (AvgIpc) is 2.53. The number of ether oxygens (including phenoxy) is 1. The van der Waals surface area contributed by atoms with Crippen molar-refractivity contribution in [1.29, 1.82) is 0 Å². The lowest BCUT2D eigenvalue weighted by Crippen LogP contribution is -2.06. The van der Waals surface area contributed by atoms with Crippen molar-refractivity contribution >= 4 is 10.8 Å². The van der Waals surface area contributed by atoms with E-state index in [0.717, 1.165) is 12.2 Å². The number of rotatable bonds is 1. The van der Waals surface area contributed by atoms with Crippen molar-refractivity contribution in [2.45, 2.75) is 26.9 Å².